The van der Waals surface area contributed by atoms with Crippen LogP contribution in [0.2, 0.25) is 0 Å². The van der Waals surface area contributed by atoms with Crippen LogP contribution in [0.25, 0.3) is 0 Å². The number of nitrogens with zero attached hydrogens (tertiary/aromatic N) is 2. The Labute approximate surface area is 107 Å². The molecule has 1 amide bonds. The van der Waals surface area contributed by atoms with Crippen LogP contribution in [0, 0.1) is 5.82 Å². The maximum atomic E-state index is 13.4. The predicted octanol–water partition coefficient (Wildman–Crippen LogP) is -1.88. The molecule has 5 N–H and O–H groups in total. The van der Waals surface area contributed by atoms with Gasteiger partial charge in [-0.15, -0.1) is 0 Å². The highest BCUT2D eigenvalue weighted by Crippen LogP contribution is 2.37. The number of aromatic nitrogens is 2. The molecule has 9 heteroatoms. The third-order valence-electron chi connectivity index (χ3n) is 3.10. The molecule has 1 fully saturated rings. The fourth-order valence-electron chi connectivity index (χ4n) is 2.03. The van der Waals surface area contributed by atoms with Crippen molar-refractivity contribution in [3.8, 4) is 0 Å². The molecule has 1 aliphatic rings. The van der Waals surface area contributed by atoms with Crippen molar-refractivity contribution in [2.75, 3.05) is 6.61 Å². The molecule has 0 spiro atoms. The van der Waals surface area contributed by atoms with Gasteiger partial charge in [0.2, 0.25) is 0 Å². The number of ether oxygens (including phenoxy) is 1. The van der Waals surface area contributed by atoms with E-state index in [-0.39, 0.29) is 0 Å². The van der Waals surface area contributed by atoms with E-state index in [1.807, 2.05) is 0 Å². The van der Waals surface area contributed by atoms with Crippen LogP contribution in [0.1, 0.15) is 23.6 Å². The van der Waals surface area contributed by atoms with Crippen molar-refractivity contribution in [2.45, 2.75) is 31.0 Å². The fourth-order valence-corrected chi connectivity index (χ4v) is 2.03. The summed E-state index contributed by atoms with van der Waals surface area (Å²) in [7, 11) is 0. The highest BCUT2D eigenvalue weighted by atomic mass is 19.1. The highest BCUT2D eigenvalue weighted by Gasteiger charge is 2.53. The molecule has 1 aliphatic heterocycles. The number of carbonyl (C=O) groups is 1. The van der Waals surface area contributed by atoms with Gasteiger partial charge in [-0.25, -0.2) is 9.07 Å². The zero-order chi connectivity index (χ0) is 14.4. The molecular weight excluding hydrogens is 261 g/mol. The average molecular weight is 275 g/mol. The van der Waals surface area contributed by atoms with Crippen LogP contribution in [0.5, 0.6) is 0 Å². The van der Waals surface area contributed by atoms with Gasteiger partial charge in [-0.05, 0) is 6.92 Å². The second-order valence-electron chi connectivity index (χ2n) is 4.55. The molecule has 19 heavy (non-hydrogen) atoms. The summed E-state index contributed by atoms with van der Waals surface area (Å²) >= 11 is 0. The van der Waals surface area contributed by atoms with Gasteiger partial charge in [-0.3, -0.25) is 4.79 Å². The molecule has 1 aromatic rings. The molecular formula is C10H14FN3O5. The van der Waals surface area contributed by atoms with Crippen LogP contribution in [0.15, 0.2) is 6.20 Å². The molecule has 1 unspecified atom stereocenters. The Morgan fingerprint density at radius 2 is 2.37 bits per heavy atom. The van der Waals surface area contributed by atoms with Crippen molar-refractivity contribution in [1.82, 2.24) is 9.78 Å². The van der Waals surface area contributed by atoms with Crippen LogP contribution in [0.4, 0.5) is 4.39 Å². The van der Waals surface area contributed by atoms with Crippen LogP contribution < -0.4 is 5.73 Å². The third kappa shape index (κ3) is 2.10. The summed E-state index contributed by atoms with van der Waals surface area (Å²) in [6.07, 6.45) is -2.84. The maximum Gasteiger partial charge on any atom is 0.272 e. The first-order valence-corrected chi connectivity index (χ1v) is 5.50. The number of rotatable bonds is 3. The molecule has 4 atom stereocenters. The Balaban J connectivity index is 2.37. The van der Waals surface area contributed by atoms with E-state index in [1.165, 1.54) is 6.92 Å². The normalized spacial score (nSPS) is 34.7. The summed E-state index contributed by atoms with van der Waals surface area (Å²) in [5, 5.41) is 32.5. The lowest BCUT2D eigenvalue weighted by molar-refractivity contribution is -0.102. The van der Waals surface area contributed by atoms with Crippen LogP contribution >= 0.6 is 0 Å². The molecule has 0 aromatic carbocycles. The quantitative estimate of drug-likeness (QED) is 0.511. The van der Waals surface area contributed by atoms with Gasteiger partial charge in [0.05, 0.1) is 12.8 Å². The van der Waals surface area contributed by atoms with Crippen molar-refractivity contribution < 1.29 is 29.2 Å². The van der Waals surface area contributed by atoms with Crippen LogP contribution in [0.3, 0.4) is 0 Å². The number of hydrogen-bond donors (Lipinski definition) is 4. The van der Waals surface area contributed by atoms with Gasteiger partial charge in [-0.1, -0.05) is 0 Å². The lowest BCUT2D eigenvalue weighted by atomic mass is 9.97. The molecule has 0 bridgehead atoms. The first-order chi connectivity index (χ1) is 8.78. The van der Waals surface area contributed by atoms with Crippen LogP contribution in [-0.4, -0.2) is 55.4 Å². The number of aliphatic hydroxyl groups is 3. The minimum atomic E-state index is -1.80. The predicted molar refractivity (Wildman–Crippen MR) is 58.3 cm³/mol. The molecule has 106 valence electrons. The largest absolute Gasteiger partial charge is 0.394 e. The minimum absolute atomic E-state index is 0.528. The van der Waals surface area contributed by atoms with E-state index < -0.39 is 48.1 Å². The summed E-state index contributed by atoms with van der Waals surface area (Å²) < 4.78 is 19.5. The lowest BCUT2D eigenvalue weighted by Crippen LogP contribution is -2.44. The number of nitrogens with two attached hydrogens (primary N) is 1. The van der Waals surface area contributed by atoms with E-state index in [1.54, 1.807) is 0 Å². The maximum absolute atomic E-state index is 13.4. The van der Waals surface area contributed by atoms with Gasteiger partial charge in [-0.2, -0.15) is 5.10 Å². The Kier molecular flexibility index (Phi) is 3.31. The summed E-state index contributed by atoms with van der Waals surface area (Å²) in [5.41, 5.74) is 2.53. The standard InChI is InChI=1S/C10H14FN3O5/c1-10(18)7(16)5(3-15)19-9(10)14-2-4(11)6(13-14)8(12)17/h2,5,7,9,15-16,18H,3H2,1H3,(H2,12,17)/t5-,7+,9-,10?/m1/s1. The number of aliphatic hydroxyl groups excluding tert-OH is 2. The second kappa shape index (κ2) is 4.53. The Morgan fingerprint density at radius 3 is 2.79 bits per heavy atom. The van der Waals surface area contributed by atoms with E-state index in [9.17, 15) is 19.4 Å². The second-order valence-corrected chi connectivity index (χ2v) is 4.55. The van der Waals surface area contributed by atoms with Gasteiger partial charge in [0.25, 0.3) is 5.91 Å². The zero-order valence-electron chi connectivity index (χ0n) is 10.0. The van der Waals surface area contributed by atoms with Crippen molar-refractivity contribution >= 4 is 5.91 Å². The Hall–Kier alpha value is -1.55. The van der Waals surface area contributed by atoms with Gasteiger partial charge in [0.1, 0.15) is 17.8 Å². The van der Waals surface area contributed by atoms with Gasteiger partial charge in [0, 0.05) is 0 Å². The first kappa shape index (κ1) is 13.9. The molecule has 1 aromatic heterocycles. The van der Waals surface area contributed by atoms with Gasteiger partial charge in [0.15, 0.2) is 17.7 Å². The number of primary amides is 1. The van der Waals surface area contributed by atoms with E-state index >= 15 is 0 Å². The van der Waals surface area contributed by atoms with E-state index in [4.69, 9.17) is 15.6 Å². The molecule has 0 aliphatic carbocycles. The Morgan fingerprint density at radius 1 is 1.74 bits per heavy atom. The number of amides is 1. The molecule has 8 nitrogen and oxygen atoms in total. The monoisotopic (exact) mass is 275 g/mol. The summed E-state index contributed by atoms with van der Waals surface area (Å²) in [6, 6.07) is 0. The SMILES string of the molecule is CC1(O)[C@@H](O)[C@@H](CO)O[C@H]1n1cc(F)c(C(N)=O)n1. The molecule has 0 radical (unpaired) electrons. The number of halogens is 1. The van der Waals surface area contributed by atoms with Crippen molar-refractivity contribution in [3.63, 3.8) is 0 Å². The average Bonchev–Trinajstić information content (AvgIpc) is 2.80. The smallest absolute Gasteiger partial charge is 0.272 e. The summed E-state index contributed by atoms with van der Waals surface area (Å²) in [4.78, 5) is 10.9. The van der Waals surface area contributed by atoms with E-state index in [0.29, 0.717) is 0 Å². The van der Waals surface area contributed by atoms with Crippen molar-refractivity contribution in [2.24, 2.45) is 5.73 Å². The topological polar surface area (TPSA) is 131 Å². The highest BCUT2D eigenvalue weighted by molar-refractivity contribution is 5.90. The molecule has 2 rings (SSSR count). The van der Waals surface area contributed by atoms with Gasteiger partial charge >= 0.3 is 0 Å². The van der Waals surface area contributed by atoms with Gasteiger partial charge < -0.3 is 25.8 Å². The summed E-state index contributed by atoms with van der Waals surface area (Å²) in [6.45, 7) is 0.724. The van der Waals surface area contributed by atoms with Crippen LogP contribution in [-0.2, 0) is 4.74 Å². The summed E-state index contributed by atoms with van der Waals surface area (Å²) in [5.74, 6) is -2.03. The van der Waals surface area contributed by atoms with Crippen molar-refractivity contribution in [1.29, 1.82) is 0 Å². The lowest BCUT2D eigenvalue weighted by Gasteiger charge is -2.26. The first-order valence-electron chi connectivity index (χ1n) is 5.50. The zero-order valence-corrected chi connectivity index (χ0v) is 10.0. The number of hydrogen-bond acceptors (Lipinski definition) is 6. The number of carbonyl (C=O) groups excluding carboxylic acids is 1. The Bertz CT molecular complexity index is 503. The van der Waals surface area contributed by atoms with E-state index in [0.717, 1.165) is 10.9 Å². The minimum Gasteiger partial charge on any atom is -0.394 e. The van der Waals surface area contributed by atoms with Crippen molar-refractivity contribution in [3.05, 3.63) is 17.7 Å². The third-order valence-corrected chi connectivity index (χ3v) is 3.10. The fraction of sp³-hybridized carbons (Fsp3) is 0.600. The van der Waals surface area contributed by atoms with E-state index in [2.05, 4.69) is 5.10 Å². The molecule has 1 saturated heterocycles. The molecule has 2 heterocycles. The molecule has 0 saturated carbocycles.